The van der Waals surface area contributed by atoms with Crippen LogP contribution in [0.5, 0.6) is 0 Å². The van der Waals surface area contributed by atoms with E-state index in [-0.39, 0.29) is 0 Å². The van der Waals surface area contributed by atoms with Gasteiger partial charge in [-0.15, -0.1) is 0 Å². The molecule has 4 heteroatoms. The Balaban J connectivity index is 1.70. The van der Waals surface area contributed by atoms with Gasteiger partial charge in [0, 0.05) is 18.1 Å². The smallest absolute Gasteiger partial charge is 0.138 e. The number of aromatic nitrogens is 2. The van der Waals surface area contributed by atoms with Crippen LogP contribution in [0, 0.1) is 0 Å². The summed E-state index contributed by atoms with van der Waals surface area (Å²) in [6.45, 7) is 0. The largest absolute Gasteiger partial charge is 0.399 e. The van der Waals surface area contributed by atoms with Crippen LogP contribution in [-0.4, -0.2) is 9.38 Å². The number of fused-ring (bicyclic) bond motifs is 2. The third-order valence-electron chi connectivity index (χ3n) is 4.00. The number of anilines is 2. The molecular formula is C16H16N4. The highest BCUT2D eigenvalue weighted by molar-refractivity contribution is 5.54. The molecule has 0 saturated heterocycles. The molecule has 4 nitrogen and oxygen atoms in total. The van der Waals surface area contributed by atoms with Crippen molar-refractivity contribution in [1.82, 2.24) is 9.38 Å². The van der Waals surface area contributed by atoms with Crippen LogP contribution in [-0.2, 0) is 6.42 Å². The summed E-state index contributed by atoms with van der Waals surface area (Å²) < 4.78 is 2.08. The SMILES string of the molecule is Nc1ccc2c(c1)CCC2Nc1cccc2nccn12. The average Bonchev–Trinajstić information content (AvgIpc) is 3.06. The van der Waals surface area contributed by atoms with E-state index >= 15 is 0 Å². The van der Waals surface area contributed by atoms with Crippen molar-refractivity contribution in [3.8, 4) is 0 Å². The van der Waals surface area contributed by atoms with Gasteiger partial charge in [-0.1, -0.05) is 12.1 Å². The maximum atomic E-state index is 5.86. The Morgan fingerprint density at radius 1 is 1.25 bits per heavy atom. The number of imidazole rings is 1. The van der Waals surface area contributed by atoms with Gasteiger partial charge in [0.1, 0.15) is 11.5 Å². The maximum Gasteiger partial charge on any atom is 0.138 e. The lowest BCUT2D eigenvalue weighted by Gasteiger charge is -2.17. The fraction of sp³-hybridized carbons (Fsp3) is 0.188. The highest BCUT2D eigenvalue weighted by Gasteiger charge is 2.22. The number of hydrogen-bond donors (Lipinski definition) is 2. The first-order valence-electron chi connectivity index (χ1n) is 6.88. The van der Waals surface area contributed by atoms with Crippen LogP contribution < -0.4 is 11.1 Å². The zero-order chi connectivity index (χ0) is 13.5. The minimum absolute atomic E-state index is 0.346. The molecule has 1 aromatic carbocycles. The van der Waals surface area contributed by atoms with Crippen molar-refractivity contribution in [3.63, 3.8) is 0 Å². The Morgan fingerprint density at radius 2 is 2.20 bits per heavy atom. The molecule has 0 spiro atoms. The van der Waals surface area contributed by atoms with Gasteiger partial charge in [0.2, 0.25) is 0 Å². The Bertz CT molecular complexity index is 775. The second-order valence-corrected chi connectivity index (χ2v) is 5.26. The van der Waals surface area contributed by atoms with Crippen molar-refractivity contribution in [2.24, 2.45) is 0 Å². The molecule has 0 fully saturated rings. The van der Waals surface area contributed by atoms with E-state index in [2.05, 4.69) is 32.9 Å². The standard InChI is InChI=1S/C16H16N4/c17-12-5-6-13-11(10-12)4-7-14(13)19-16-3-1-2-15-18-8-9-20(15)16/h1-3,5-6,8-10,14,19H,4,7,17H2. The summed E-state index contributed by atoms with van der Waals surface area (Å²) in [6.07, 6.45) is 5.99. The molecule has 1 unspecified atom stereocenters. The van der Waals surface area contributed by atoms with Gasteiger partial charge in [-0.2, -0.15) is 0 Å². The molecule has 0 bridgehead atoms. The third kappa shape index (κ3) is 1.72. The molecule has 2 aromatic heterocycles. The fourth-order valence-electron chi connectivity index (χ4n) is 3.03. The number of hydrogen-bond acceptors (Lipinski definition) is 3. The number of aryl methyl sites for hydroxylation is 1. The van der Waals surface area contributed by atoms with Crippen molar-refractivity contribution in [1.29, 1.82) is 0 Å². The van der Waals surface area contributed by atoms with E-state index in [4.69, 9.17) is 5.73 Å². The zero-order valence-corrected chi connectivity index (χ0v) is 11.1. The molecule has 100 valence electrons. The number of nitrogens with zero attached hydrogens (tertiary/aromatic N) is 2. The molecule has 0 saturated carbocycles. The summed E-state index contributed by atoms with van der Waals surface area (Å²) in [5, 5.41) is 3.63. The van der Waals surface area contributed by atoms with Gasteiger partial charge in [-0.05, 0) is 48.2 Å². The van der Waals surface area contributed by atoms with Crippen molar-refractivity contribution in [2.45, 2.75) is 18.9 Å². The lowest BCUT2D eigenvalue weighted by Crippen LogP contribution is -2.09. The average molecular weight is 264 g/mol. The third-order valence-corrected chi connectivity index (χ3v) is 4.00. The second-order valence-electron chi connectivity index (χ2n) is 5.26. The minimum atomic E-state index is 0.346. The Kier molecular flexibility index (Phi) is 2.42. The van der Waals surface area contributed by atoms with Crippen molar-refractivity contribution in [2.75, 3.05) is 11.1 Å². The Labute approximate surface area is 117 Å². The summed E-state index contributed by atoms with van der Waals surface area (Å²) in [6, 6.07) is 12.7. The van der Waals surface area contributed by atoms with Gasteiger partial charge in [-0.3, -0.25) is 4.40 Å². The summed E-state index contributed by atoms with van der Waals surface area (Å²) in [5.74, 6) is 1.08. The number of nitrogens with two attached hydrogens (primary N) is 1. The number of nitrogen functional groups attached to an aromatic ring is 1. The molecule has 1 aliphatic carbocycles. The van der Waals surface area contributed by atoms with E-state index in [1.54, 1.807) is 0 Å². The lowest BCUT2D eigenvalue weighted by atomic mass is 10.1. The molecule has 20 heavy (non-hydrogen) atoms. The molecule has 4 rings (SSSR count). The summed E-state index contributed by atoms with van der Waals surface area (Å²) in [4.78, 5) is 4.32. The van der Waals surface area contributed by atoms with Crippen LogP contribution in [0.25, 0.3) is 5.65 Å². The van der Waals surface area contributed by atoms with E-state index in [0.717, 1.165) is 30.0 Å². The van der Waals surface area contributed by atoms with E-state index < -0.39 is 0 Å². The number of nitrogens with one attached hydrogen (secondary N) is 1. The molecular weight excluding hydrogens is 248 g/mol. The first-order chi connectivity index (χ1) is 9.81. The molecule has 1 atom stereocenters. The van der Waals surface area contributed by atoms with Gasteiger partial charge in [0.05, 0.1) is 6.04 Å². The number of benzene rings is 1. The molecule has 2 heterocycles. The predicted molar refractivity (Wildman–Crippen MR) is 80.7 cm³/mol. The van der Waals surface area contributed by atoms with Crippen LogP contribution in [0.15, 0.2) is 48.8 Å². The van der Waals surface area contributed by atoms with E-state index in [9.17, 15) is 0 Å². The monoisotopic (exact) mass is 264 g/mol. The molecule has 0 radical (unpaired) electrons. The minimum Gasteiger partial charge on any atom is -0.399 e. The highest BCUT2D eigenvalue weighted by atomic mass is 15.1. The Hall–Kier alpha value is -2.49. The van der Waals surface area contributed by atoms with Crippen molar-refractivity contribution < 1.29 is 0 Å². The topological polar surface area (TPSA) is 55.3 Å². The summed E-state index contributed by atoms with van der Waals surface area (Å²) in [7, 11) is 0. The molecule has 3 aromatic rings. The number of rotatable bonds is 2. The van der Waals surface area contributed by atoms with Crippen LogP contribution in [0.4, 0.5) is 11.5 Å². The van der Waals surface area contributed by atoms with Crippen molar-refractivity contribution in [3.05, 3.63) is 59.9 Å². The van der Waals surface area contributed by atoms with Gasteiger partial charge in [0.15, 0.2) is 0 Å². The van der Waals surface area contributed by atoms with Crippen molar-refractivity contribution >= 4 is 17.2 Å². The predicted octanol–water partition coefficient (Wildman–Crippen LogP) is 3.02. The van der Waals surface area contributed by atoms with E-state index in [1.807, 2.05) is 30.6 Å². The first-order valence-corrected chi connectivity index (χ1v) is 6.88. The lowest BCUT2D eigenvalue weighted by molar-refractivity contribution is 0.755. The first kappa shape index (κ1) is 11.3. The van der Waals surface area contributed by atoms with Crippen LogP contribution >= 0.6 is 0 Å². The van der Waals surface area contributed by atoms with Crippen LogP contribution in [0.1, 0.15) is 23.6 Å². The van der Waals surface area contributed by atoms with Gasteiger partial charge < -0.3 is 11.1 Å². The van der Waals surface area contributed by atoms with Crippen LogP contribution in [0.3, 0.4) is 0 Å². The van der Waals surface area contributed by atoms with Crippen LogP contribution in [0.2, 0.25) is 0 Å². The van der Waals surface area contributed by atoms with Gasteiger partial charge >= 0.3 is 0 Å². The van der Waals surface area contributed by atoms with E-state index in [1.165, 1.54) is 11.1 Å². The normalized spacial score (nSPS) is 17.3. The molecule has 0 aliphatic heterocycles. The van der Waals surface area contributed by atoms with E-state index in [0.29, 0.717) is 6.04 Å². The van der Waals surface area contributed by atoms with Gasteiger partial charge in [0.25, 0.3) is 0 Å². The Morgan fingerprint density at radius 3 is 3.15 bits per heavy atom. The summed E-state index contributed by atoms with van der Waals surface area (Å²) in [5.41, 5.74) is 10.4. The zero-order valence-electron chi connectivity index (χ0n) is 11.1. The maximum absolute atomic E-state index is 5.86. The highest BCUT2D eigenvalue weighted by Crippen LogP contribution is 2.34. The summed E-state index contributed by atoms with van der Waals surface area (Å²) >= 11 is 0. The number of pyridine rings is 1. The van der Waals surface area contributed by atoms with Gasteiger partial charge in [-0.25, -0.2) is 4.98 Å². The molecule has 0 amide bonds. The molecule has 1 aliphatic rings. The fourth-order valence-corrected chi connectivity index (χ4v) is 3.03. The molecule has 3 N–H and O–H groups in total. The quantitative estimate of drug-likeness (QED) is 0.699. The second kappa shape index (κ2) is 4.27.